The number of hydroxylamine groups is 2. The van der Waals surface area contributed by atoms with Gasteiger partial charge in [-0.3, -0.25) is 0 Å². The van der Waals surface area contributed by atoms with Crippen LogP contribution in [0.5, 0.6) is 0 Å². The van der Waals surface area contributed by atoms with Gasteiger partial charge in [-0.25, -0.2) is 0 Å². The van der Waals surface area contributed by atoms with Crippen LogP contribution in [0.15, 0.2) is 11.6 Å². The topological polar surface area (TPSA) is 23.5 Å². The zero-order chi connectivity index (χ0) is 9.97. The van der Waals surface area contributed by atoms with Gasteiger partial charge < -0.3 is 5.21 Å². The van der Waals surface area contributed by atoms with Gasteiger partial charge in [-0.05, 0) is 32.1 Å². The van der Waals surface area contributed by atoms with Crippen molar-refractivity contribution in [2.24, 2.45) is 5.92 Å². The molecule has 1 fully saturated rings. The van der Waals surface area contributed by atoms with Gasteiger partial charge in [0.1, 0.15) is 0 Å². The molecular weight excluding hydrogens is 174 g/mol. The molecule has 2 heteroatoms. The normalized spacial score (nSPS) is 31.6. The molecule has 0 aromatic carbocycles. The summed E-state index contributed by atoms with van der Waals surface area (Å²) in [5, 5.41) is 11.4. The second kappa shape index (κ2) is 4.45. The molecule has 2 aliphatic rings. The zero-order valence-corrected chi connectivity index (χ0v) is 9.08. The molecule has 2 nitrogen and oxygen atoms in total. The quantitative estimate of drug-likeness (QED) is 0.650. The van der Waals surface area contributed by atoms with Gasteiger partial charge in [0.15, 0.2) is 0 Å². The van der Waals surface area contributed by atoms with Crippen LogP contribution in [0.3, 0.4) is 0 Å². The molecule has 1 unspecified atom stereocenters. The Hall–Kier alpha value is -0.340. The van der Waals surface area contributed by atoms with Gasteiger partial charge in [-0.15, -0.1) is 0 Å². The maximum atomic E-state index is 9.83. The molecule has 0 radical (unpaired) electrons. The molecule has 1 N–H and O–H groups in total. The first-order valence-electron chi connectivity index (χ1n) is 5.90. The second-order valence-electron chi connectivity index (χ2n) is 4.81. The highest BCUT2D eigenvalue weighted by atomic mass is 16.5. The van der Waals surface area contributed by atoms with Crippen molar-refractivity contribution >= 4 is 0 Å². The predicted molar refractivity (Wildman–Crippen MR) is 57.2 cm³/mol. The van der Waals surface area contributed by atoms with E-state index in [4.69, 9.17) is 0 Å². The van der Waals surface area contributed by atoms with Gasteiger partial charge in [0.2, 0.25) is 0 Å². The summed E-state index contributed by atoms with van der Waals surface area (Å²) in [6.07, 6.45) is 9.98. The lowest BCUT2D eigenvalue weighted by molar-refractivity contribution is -0.133. The van der Waals surface area contributed by atoms with Crippen LogP contribution < -0.4 is 0 Å². The highest BCUT2D eigenvalue weighted by Crippen LogP contribution is 2.31. The number of hydrogen-bond donors (Lipinski definition) is 1. The number of hydrogen-bond acceptors (Lipinski definition) is 2. The van der Waals surface area contributed by atoms with Crippen LogP contribution in [0.2, 0.25) is 0 Å². The van der Waals surface area contributed by atoms with Crippen LogP contribution in [0.4, 0.5) is 0 Å². The monoisotopic (exact) mass is 195 g/mol. The van der Waals surface area contributed by atoms with Crippen molar-refractivity contribution in [3.8, 4) is 0 Å². The van der Waals surface area contributed by atoms with Crippen molar-refractivity contribution in [2.75, 3.05) is 6.54 Å². The average Bonchev–Trinajstić information content (AvgIpc) is 2.23. The molecule has 80 valence electrons. The summed E-state index contributed by atoms with van der Waals surface area (Å²) in [5.41, 5.74) is 1.45. The van der Waals surface area contributed by atoms with E-state index in [9.17, 15) is 5.21 Å². The van der Waals surface area contributed by atoms with Gasteiger partial charge in [-0.1, -0.05) is 30.9 Å². The van der Waals surface area contributed by atoms with E-state index in [1.165, 1.54) is 37.7 Å². The standard InChI is InChI=1S/C12H21NO/c1-10-7-8-13(14)12(9-10)11-5-3-2-4-6-11/h9,11-12,14H,2-8H2,1H3. The molecule has 0 amide bonds. The second-order valence-corrected chi connectivity index (χ2v) is 4.81. The molecule has 2 rings (SSSR count). The third-order valence-electron chi connectivity index (χ3n) is 3.67. The maximum absolute atomic E-state index is 9.83. The first kappa shape index (κ1) is 10.2. The Kier molecular flexibility index (Phi) is 3.24. The van der Waals surface area contributed by atoms with Crippen molar-refractivity contribution in [1.29, 1.82) is 0 Å². The lowest BCUT2D eigenvalue weighted by Crippen LogP contribution is -2.41. The summed E-state index contributed by atoms with van der Waals surface area (Å²) >= 11 is 0. The lowest BCUT2D eigenvalue weighted by Gasteiger charge is -2.36. The van der Waals surface area contributed by atoms with E-state index in [1.54, 1.807) is 5.06 Å². The van der Waals surface area contributed by atoms with Gasteiger partial charge in [-0.2, -0.15) is 5.06 Å². The number of nitrogens with zero attached hydrogens (tertiary/aromatic N) is 1. The zero-order valence-electron chi connectivity index (χ0n) is 9.08. The predicted octanol–water partition coefficient (Wildman–Crippen LogP) is 2.98. The van der Waals surface area contributed by atoms with Gasteiger partial charge in [0.05, 0.1) is 6.04 Å². The SMILES string of the molecule is CC1=CC(C2CCCCC2)N(O)CC1. The Morgan fingerprint density at radius 3 is 2.71 bits per heavy atom. The van der Waals surface area contributed by atoms with E-state index in [2.05, 4.69) is 13.0 Å². The fourth-order valence-corrected chi connectivity index (χ4v) is 2.76. The molecule has 1 saturated carbocycles. The molecule has 1 aliphatic carbocycles. The highest BCUT2D eigenvalue weighted by molar-refractivity contribution is 5.09. The van der Waals surface area contributed by atoms with E-state index in [-0.39, 0.29) is 0 Å². The summed E-state index contributed by atoms with van der Waals surface area (Å²) in [6, 6.07) is 0.309. The minimum atomic E-state index is 0.309. The van der Waals surface area contributed by atoms with Crippen molar-refractivity contribution in [1.82, 2.24) is 5.06 Å². The third kappa shape index (κ3) is 2.18. The van der Waals surface area contributed by atoms with Crippen molar-refractivity contribution in [3.05, 3.63) is 11.6 Å². The van der Waals surface area contributed by atoms with Crippen molar-refractivity contribution in [2.45, 2.75) is 51.5 Å². The molecule has 0 spiro atoms. The fraction of sp³-hybridized carbons (Fsp3) is 0.833. The van der Waals surface area contributed by atoms with Gasteiger partial charge in [0, 0.05) is 6.54 Å². The molecule has 0 saturated heterocycles. The number of rotatable bonds is 1. The minimum absolute atomic E-state index is 0.309. The Labute approximate surface area is 86.6 Å². The van der Waals surface area contributed by atoms with Crippen LogP contribution in [0, 0.1) is 5.92 Å². The molecule has 1 atom stereocenters. The Bertz CT molecular complexity index is 218. The third-order valence-corrected chi connectivity index (χ3v) is 3.67. The maximum Gasteiger partial charge on any atom is 0.0561 e. The first-order valence-corrected chi connectivity index (χ1v) is 5.90. The summed E-state index contributed by atoms with van der Waals surface area (Å²) in [4.78, 5) is 0. The van der Waals surface area contributed by atoms with E-state index < -0.39 is 0 Å². The molecule has 0 bridgehead atoms. The smallest absolute Gasteiger partial charge is 0.0561 e. The molecule has 14 heavy (non-hydrogen) atoms. The van der Waals surface area contributed by atoms with E-state index in [0.29, 0.717) is 12.0 Å². The van der Waals surface area contributed by atoms with Crippen molar-refractivity contribution in [3.63, 3.8) is 0 Å². The first-order chi connectivity index (χ1) is 6.77. The molecular formula is C12H21NO. The van der Waals surface area contributed by atoms with Gasteiger partial charge >= 0.3 is 0 Å². The van der Waals surface area contributed by atoms with E-state index >= 15 is 0 Å². The van der Waals surface area contributed by atoms with Crippen LogP contribution >= 0.6 is 0 Å². The van der Waals surface area contributed by atoms with Crippen LogP contribution in [0.25, 0.3) is 0 Å². The van der Waals surface area contributed by atoms with Crippen LogP contribution in [-0.4, -0.2) is 22.9 Å². The van der Waals surface area contributed by atoms with Crippen LogP contribution in [0.1, 0.15) is 45.4 Å². The van der Waals surface area contributed by atoms with Gasteiger partial charge in [0.25, 0.3) is 0 Å². The molecule has 1 heterocycles. The largest absolute Gasteiger partial charge is 0.313 e. The van der Waals surface area contributed by atoms with E-state index in [0.717, 1.165) is 13.0 Å². The summed E-state index contributed by atoms with van der Waals surface area (Å²) < 4.78 is 0. The van der Waals surface area contributed by atoms with Crippen molar-refractivity contribution < 1.29 is 5.21 Å². The highest BCUT2D eigenvalue weighted by Gasteiger charge is 2.28. The summed E-state index contributed by atoms with van der Waals surface area (Å²) in [6.45, 7) is 3.01. The lowest BCUT2D eigenvalue weighted by atomic mass is 9.82. The van der Waals surface area contributed by atoms with E-state index in [1.807, 2.05) is 0 Å². The molecule has 0 aromatic rings. The average molecular weight is 195 g/mol. The Balaban J connectivity index is 2.02. The fourth-order valence-electron chi connectivity index (χ4n) is 2.76. The summed E-state index contributed by atoms with van der Waals surface area (Å²) in [7, 11) is 0. The minimum Gasteiger partial charge on any atom is -0.313 e. The van der Waals surface area contributed by atoms with Crippen LogP contribution in [-0.2, 0) is 0 Å². The molecule has 1 aliphatic heterocycles. The Morgan fingerprint density at radius 1 is 1.29 bits per heavy atom. The summed E-state index contributed by atoms with van der Waals surface area (Å²) in [5.74, 6) is 0.698. The molecule has 0 aromatic heterocycles. The Morgan fingerprint density at radius 2 is 2.00 bits per heavy atom.